The van der Waals surface area contributed by atoms with Crippen molar-refractivity contribution < 1.29 is 23.5 Å². The molecular weight excluding hydrogens is 358 g/mol. The Kier molecular flexibility index (Phi) is 6.32. The van der Waals surface area contributed by atoms with Gasteiger partial charge in [-0.05, 0) is 38.1 Å². The van der Waals surface area contributed by atoms with Gasteiger partial charge in [-0.2, -0.15) is 0 Å². The van der Waals surface area contributed by atoms with E-state index in [4.69, 9.17) is 13.9 Å². The number of benzene rings is 2. The van der Waals surface area contributed by atoms with Crippen molar-refractivity contribution >= 4 is 22.8 Å². The molecule has 0 saturated carbocycles. The molecule has 1 heterocycles. The first kappa shape index (κ1) is 19.5. The predicted molar refractivity (Wildman–Crippen MR) is 105 cm³/mol. The van der Waals surface area contributed by atoms with Crippen LogP contribution in [0.1, 0.15) is 30.7 Å². The van der Waals surface area contributed by atoms with Crippen LogP contribution in [0, 0.1) is 6.92 Å². The highest BCUT2D eigenvalue weighted by atomic mass is 16.5. The lowest BCUT2D eigenvalue weighted by atomic mass is 10.2. The van der Waals surface area contributed by atoms with E-state index in [0.717, 1.165) is 16.5 Å². The van der Waals surface area contributed by atoms with Crippen LogP contribution in [-0.4, -0.2) is 25.1 Å². The molecule has 3 rings (SSSR count). The Labute approximate surface area is 163 Å². The first-order chi connectivity index (χ1) is 13.5. The molecule has 0 radical (unpaired) electrons. The topological polar surface area (TPSA) is 77.8 Å². The van der Waals surface area contributed by atoms with Gasteiger partial charge in [0.2, 0.25) is 0 Å². The van der Waals surface area contributed by atoms with Gasteiger partial charge in [0.05, 0.1) is 19.1 Å². The highest BCUT2D eigenvalue weighted by Crippen LogP contribution is 2.23. The van der Waals surface area contributed by atoms with Crippen molar-refractivity contribution in [1.82, 2.24) is 5.32 Å². The fourth-order valence-electron chi connectivity index (χ4n) is 2.67. The van der Waals surface area contributed by atoms with Crippen molar-refractivity contribution in [1.29, 1.82) is 0 Å². The number of carbonyl (C=O) groups excluding carboxylic acids is 2. The molecule has 0 bridgehead atoms. The Hall–Kier alpha value is -3.28. The number of aryl methyl sites for hydroxylation is 1. The molecule has 0 aliphatic rings. The minimum atomic E-state index is -0.487. The van der Waals surface area contributed by atoms with E-state index < -0.39 is 5.97 Å². The molecule has 1 N–H and O–H groups in total. The summed E-state index contributed by atoms with van der Waals surface area (Å²) in [4.78, 5) is 23.8. The molecular formula is C22H23NO5. The summed E-state index contributed by atoms with van der Waals surface area (Å²) < 4.78 is 16.2. The second kappa shape index (κ2) is 9.08. The first-order valence-electron chi connectivity index (χ1n) is 9.14. The summed E-state index contributed by atoms with van der Waals surface area (Å²) in [7, 11) is 0. The Morgan fingerprint density at radius 2 is 1.86 bits per heavy atom. The van der Waals surface area contributed by atoms with Gasteiger partial charge in [-0.3, -0.25) is 9.59 Å². The van der Waals surface area contributed by atoms with E-state index in [-0.39, 0.29) is 31.6 Å². The summed E-state index contributed by atoms with van der Waals surface area (Å²) in [5.41, 5.74) is 1.90. The number of para-hydroxylation sites is 1. The molecule has 1 atom stereocenters. The molecule has 1 aromatic heterocycles. The molecule has 146 valence electrons. The largest absolute Gasteiger partial charge is 0.493 e. The van der Waals surface area contributed by atoms with Crippen molar-refractivity contribution in [3.05, 3.63) is 65.9 Å². The number of hydrogen-bond acceptors (Lipinski definition) is 5. The number of amides is 1. The average Bonchev–Trinajstić information content (AvgIpc) is 3.12. The molecule has 6 heteroatoms. The van der Waals surface area contributed by atoms with E-state index in [1.165, 1.54) is 0 Å². The van der Waals surface area contributed by atoms with Crippen molar-refractivity contribution in [2.45, 2.75) is 26.3 Å². The van der Waals surface area contributed by atoms with E-state index in [1.807, 2.05) is 68.4 Å². The Morgan fingerprint density at radius 3 is 2.61 bits per heavy atom. The predicted octanol–water partition coefficient (Wildman–Crippen LogP) is 3.93. The van der Waals surface area contributed by atoms with Crippen LogP contribution in [0.15, 0.2) is 59.0 Å². The molecule has 0 unspecified atom stereocenters. The molecule has 3 aromatic rings. The molecule has 0 fully saturated rings. The van der Waals surface area contributed by atoms with Crippen molar-refractivity contribution in [3.8, 4) is 5.75 Å². The van der Waals surface area contributed by atoms with Crippen LogP contribution < -0.4 is 10.1 Å². The number of esters is 1. The van der Waals surface area contributed by atoms with Gasteiger partial charge in [-0.25, -0.2) is 0 Å². The zero-order chi connectivity index (χ0) is 19.9. The molecule has 6 nitrogen and oxygen atoms in total. The fourth-order valence-corrected chi connectivity index (χ4v) is 2.67. The standard InChI is InChI=1S/C22H23NO5/c1-15-7-9-18(10-8-15)26-12-11-22(25)27-14-21(24)23-16(2)20-13-17-5-3-4-6-19(17)28-20/h3-10,13,16H,11-12,14H2,1-2H3,(H,23,24)/t16-/m1/s1. The molecule has 0 saturated heterocycles. The highest BCUT2D eigenvalue weighted by Gasteiger charge is 2.15. The number of ether oxygens (including phenoxy) is 2. The monoisotopic (exact) mass is 381 g/mol. The van der Waals surface area contributed by atoms with Gasteiger partial charge < -0.3 is 19.2 Å². The minimum Gasteiger partial charge on any atom is -0.493 e. The number of rotatable bonds is 8. The van der Waals surface area contributed by atoms with E-state index in [1.54, 1.807) is 0 Å². The summed E-state index contributed by atoms with van der Waals surface area (Å²) in [6.45, 7) is 3.65. The molecule has 1 amide bonds. The van der Waals surface area contributed by atoms with Crippen LogP contribution in [-0.2, 0) is 14.3 Å². The van der Waals surface area contributed by atoms with Gasteiger partial charge in [0, 0.05) is 5.39 Å². The van der Waals surface area contributed by atoms with Gasteiger partial charge in [-0.1, -0.05) is 35.9 Å². The molecule has 28 heavy (non-hydrogen) atoms. The van der Waals surface area contributed by atoms with Crippen LogP contribution in [0.5, 0.6) is 5.75 Å². The summed E-state index contributed by atoms with van der Waals surface area (Å²) in [5, 5.41) is 3.73. The minimum absolute atomic E-state index is 0.0697. The Bertz CT molecular complexity index is 912. The highest BCUT2D eigenvalue weighted by molar-refractivity contribution is 5.81. The lowest BCUT2D eigenvalue weighted by molar-refractivity contribution is -0.149. The smallest absolute Gasteiger partial charge is 0.309 e. The number of fused-ring (bicyclic) bond motifs is 1. The maximum absolute atomic E-state index is 12.0. The Balaban J connectivity index is 1.38. The van der Waals surface area contributed by atoms with Crippen LogP contribution in [0.3, 0.4) is 0 Å². The van der Waals surface area contributed by atoms with Gasteiger partial charge in [0.25, 0.3) is 5.91 Å². The third kappa shape index (κ3) is 5.36. The maximum atomic E-state index is 12.0. The summed E-state index contributed by atoms with van der Waals surface area (Å²) in [5.74, 6) is 0.461. The molecule has 0 spiro atoms. The first-order valence-corrected chi connectivity index (χ1v) is 9.14. The zero-order valence-electron chi connectivity index (χ0n) is 15.9. The van der Waals surface area contributed by atoms with Crippen LogP contribution >= 0.6 is 0 Å². The van der Waals surface area contributed by atoms with Crippen molar-refractivity contribution in [3.63, 3.8) is 0 Å². The van der Waals surface area contributed by atoms with Crippen LogP contribution in [0.2, 0.25) is 0 Å². The van der Waals surface area contributed by atoms with E-state index >= 15 is 0 Å². The van der Waals surface area contributed by atoms with Crippen LogP contribution in [0.25, 0.3) is 11.0 Å². The second-order valence-corrected chi connectivity index (χ2v) is 6.55. The van der Waals surface area contributed by atoms with Crippen molar-refractivity contribution in [2.24, 2.45) is 0 Å². The maximum Gasteiger partial charge on any atom is 0.309 e. The third-order valence-corrected chi connectivity index (χ3v) is 4.21. The number of hydrogen-bond donors (Lipinski definition) is 1. The average molecular weight is 381 g/mol. The number of nitrogens with one attached hydrogen (secondary N) is 1. The van der Waals surface area contributed by atoms with Gasteiger partial charge >= 0.3 is 5.97 Å². The number of carbonyl (C=O) groups is 2. The normalized spacial score (nSPS) is 11.8. The van der Waals surface area contributed by atoms with E-state index in [0.29, 0.717) is 11.5 Å². The number of furan rings is 1. The van der Waals surface area contributed by atoms with E-state index in [9.17, 15) is 9.59 Å². The molecule has 0 aliphatic carbocycles. The molecule has 2 aromatic carbocycles. The van der Waals surface area contributed by atoms with Gasteiger partial charge in [0.15, 0.2) is 6.61 Å². The summed E-state index contributed by atoms with van der Waals surface area (Å²) in [6, 6.07) is 16.7. The summed E-state index contributed by atoms with van der Waals surface area (Å²) >= 11 is 0. The quantitative estimate of drug-likeness (QED) is 0.598. The zero-order valence-corrected chi connectivity index (χ0v) is 15.9. The fraction of sp³-hybridized carbons (Fsp3) is 0.273. The van der Waals surface area contributed by atoms with Crippen molar-refractivity contribution in [2.75, 3.05) is 13.2 Å². The lowest BCUT2D eigenvalue weighted by Gasteiger charge is -2.11. The summed E-state index contributed by atoms with van der Waals surface area (Å²) in [6.07, 6.45) is 0.0697. The lowest BCUT2D eigenvalue weighted by Crippen LogP contribution is -2.31. The SMILES string of the molecule is Cc1ccc(OCCC(=O)OCC(=O)N[C@H](C)c2cc3ccccc3o2)cc1. The van der Waals surface area contributed by atoms with E-state index in [2.05, 4.69) is 5.32 Å². The molecule has 0 aliphatic heterocycles. The third-order valence-electron chi connectivity index (χ3n) is 4.21. The second-order valence-electron chi connectivity index (χ2n) is 6.55. The van der Waals surface area contributed by atoms with Gasteiger partial charge in [-0.15, -0.1) is 0 Å². The van der Waals surface area contributed by atoms with Gasteiger partial charge in [0.1, 0.15) is 17.1 Å². The Morgan fingerprint density at radius 1 is 1.11 bits per heavy atom. The van der Waals surface area contributed by atoms with Crippen LogP contribution in [0.4, 0.5) is 0 Å².